The van der Waals surface area contributed by atoms with E-state index in [2.05, 4.69) is 28.9 Å². The molecule has 3 heteroatoms. The molecular weight excluding hydrogens is 174 g/mol. The molecule has 0 aromatic carbocycles. The molecule has 1 aliphatic carbocycles. The van der Waals surface area contributed by atoms with Crippen LogP contribution in [-0.4, -0.2) is 23.4 Å². The SMILES string of the molecule is CNCC1CCc2cnn(C(C)C)c21. The largest absolute Gasteiger partial charge is 0.319 e. The molecule has 0 fully saturated rings. The molecule has 14 heavy (non-hydrogen) atoms. The van der Waals surface area contributed by atoms with Gasteiger partial charge < -0.3 is 5.32 Å². The Hall–Kier alpha value is -0.830. The molecule has 1 unspecified atom stereocenters. The standard InChI is InChI=1S/C11H19N3/c1-8(2)14-11-9(6-12-3)4-5-10(11)7-13-14/h7-9,12H,4-6H2,1-3H3. The van der Waals surface area contributed by atoms with Gasteiger partial charge in [0.25, 0.3) is 0 Å². The van der Waals surface area contributed by atoms with E-state index in [1.165, 1.54) is 24.1 Å². The first-order valence-electron chi connectivity index (χ1n) is 5.45. The van der Waals surface area contributed by atoms with Gasteiger partial charge in [0.15, 0.2) is 0 Å². The van der Waals surface area contributed by atoms with Gasteiger partial charge in [0.2, 0.25) is 0 Å². The summed E-state index contributed by atoms with van der Waals surface area (Å²) in [6, 6.07) is 0.483. The zero-order valence-electron chi connectivity index (χ0n) is 9.25. The lowest BCUT2D eigenvalue weighted by molar-refractivity contribution is 0.478. The topological polar surface area (TPSA) is 29.9 Å². The Morgan fingerprint density at radius 1 is 1.64 bits per heavy atom. The number of nitrogens with zero attached hydrogens (tertiary/aromatic N) is 2. The molecule has 2 rings (SSSR count). The number of hydrogen-bond acceptors (Lipinski definition) is 2. The number of likely N-dealkylation sites (N-methyl/N-ethyl adjacent to an activating group) is 1. The molecule has 0 saturated heterocycles. The Kier molecular flexibility index (Phi) is 2.59. The second-order valence-electron chi connectivity index (χ2n) is 4.39. The van der Waals surface area contributed by atoms with E-state index >= 15 is 0 Å². The van der Waals surface area contributed by atoms with Crippen molar-refractivity contribution >= 4 is 0 Å². The van der Waals surface area contributed by atoms with Crippen molar-refractivity contribution in [2.24, 2.45) is 0 Å². The molecule has 0 radical (unpaired) electrons. The number of nitrogens with one attached hydrogen (secondary N) is 1. The normalized spacial score (nSPS) is 20.4. The second kappa shape index (κ2) is 3.73. The molecule has 1 heterocycles. The van der Waals surface area contributed by atoms with Crippen LogP contribution in [0, 0.1) is 0 Å². The number of aromatic nitrogens is 2. The summed E-state index contributed by atoms with van der Waals surface area (Å²) in [5, 5.41) is 7.72. The van der Waals surface area contributed by atoms with Gasteiger partial charge in [-0.15, -0.1) is 0 Å². The van der Waals surface area contributed by atoms with E-state index in [-0.39, 0.29) is 0 Å². The van der Waals surface area contributed by atoms with Gasteiger partial charge in [0, 0.05) is 24.2 Å². The van der Waals surface area contributed by atoms with E-state index in [1.54, 1.807) is 0 Å². The third-order valence-electron chi connectivity index (χ3n) is 3.00. The number of hydrogen-bond donors (Lipinski definition) is 1. The predicted molar refractivity (Wildman–Crippen MR) is 57.6 cm³/mol. The minimum Gasteiger partial charge on any atom is -0.319 e. The van der Waals surface area contributed by atoms with Crippen LogP contribution < -0.4 is 5.32 Å². The highest BCUT2D eigenvalue weighted by atomic mass is 15.3. The molecule has 1 aromatic heterocycles. The Bertz CT molecular complexity index is 314. The van der Waals surface area contributed by atoms with Gasteiger partial charge in [0.05, 0.1) is 6.20 Å². The minimum absolute atomic E-state index is 0.483. The lowest BCUT2D eigenvalue weighted by atomic mass is 10.1. The van der Waals surface area contributed by atoms with E-state index in [4.69, 9.17) is 0 Å². The molecule has 1 aromatic rings. The van der Waals surface area contributed by atoms with Gasteiger partial charge in [-0.1, -0.05) is 0 Å². The second-order valence-corrected chi connectivity index (χ2v) is 4.39. The van der Waals surface area contributed by atoms with Crippen molar-refractivity contribution in [1.82, 2.24) is 15.1 Å². The van der Waals surface area contributed by atoms with E-state index in [9.17, 15) is 0 Å². The van der Waals surface area contributed by atoms with Gasteiger partial charge in [0.1, 0.15) is 0 Å². The first kappa shape index (κ1) is 9.71. The molecule has 0 amide bonds. The van der Waals surface area contributed by atoms with Crippen LogP contribution in [0.5, 0.6) is 0 Å². The first-order chi connectivity index (χ1) is 6.74. The summed E-state index contributed by atoms with van der Waals surface area (Å²) in [6.45, 7) is 5.47. The van der Waals surface area contributed by atoms with E-state index in [0.29, 0.717) is 12.0 Å². The average Bonchev–Trinajstić information content (AvgIpc) is 2.67. The van der Waals surface area contributed by atoms with Crippen LogP contribution >= 0.6 is 0 Å². The fourth-order valence-electron chi connectivity index (χ4n) is 2.37. The number of rotatable bonds is 3. The monoisotopic (exact) mass is 193 g/mol. The number of fused-ring (bicyclic) bond motifs is 1. The van der Waals surface area contributed by atoms with Gasteiger partial charge >= 0.3 is 0 Å². The summed E-state index contributed by atoms with van der Waals surface area (Å²) in [5.74, 6) is 0.667. The molecule has 0 aliphatic heterocycles. The molecule has 0 spiro atoms. The van der Waals surface area contributed by atoms with Crippen molar-refractivity contribution < 1.29 is 0 Å². The van der Waals surface area contributed by atoms with Gasteiger partial charge in [-0.2, -0.15) is 5.10 Å². The van der Waals surface area contributed by atoms with Gasteiger partial charge in [-0.3, -0.25) is 4.68 Å². The van der Waals surface area contributed by atoms with Crippen LogP contribution in [0.25, 0.3) is 0 Å². The van der Waals surface area contributed by atoms with Gasteiger partial charge in [-0.05, 0) is 39.3 Å². The van der Waals surface area contributed by atoms with Crippen LogP contribution in [0.15, 0.2) is 6.20 Å². The van der Waals surface area contributed by atoms with Crippen molar-refractivity contribution in [3.63, 3.8) is 0 Å². The maximum absolute atomic E-state index is 4.46. The minimum atomic E-state index is 0.483. The Morgan fingerprint density at radius 3 is 3.07 bits per heavy atom. The lowest BCUT2D eigenvalue weighted by Gasteiger charge is -2.16. The molecule has 78 valence electrons. The zero-order chi connectivity index (χ0) is 10.1. The summed E-state index contributed by atoms with van der Waals surface area (Å²) in [7, 11) is 2.02. The Labute approximate surface area is 85.5 Å². The maximum Gasteiger partial charge on any atom is 0.0524 e. The highest BCUT2D eigenvalue weighted by Gasteiger charge is 2.27. The van der Waals surface area contributed by atoms with E-state index in [1.807, 2.05) is 13.2 Å². The lowest BCUT2D eigenvalue weighted by Crippen LogP contribution is -2.19. The third kappa shape index (κ3) is 1.46. The molecule has 1 atom stereocenters. The maximum atomic E-state index is 4.46. The van der Waals surface area contributed by atoms with E-state index in [0.717, 1.165) is 6.54 Å². The van der Waals surface area contributed by atoms with Crippen LogP contribution in [0.2, 0.25) is 0 Å². The van der Waals surface area contributed by atoms with E-state index < -0.39 is 0 Å². The third-order valence-corrected chi connectivity index (χ3v) is 3.00. The highest BCUT2D eigenvalue weighted by Crippen LogP contribution is 2.33. The summed E-state index contributed by atoms with van der Waals surface area (Å²) < 4.78 is 2.18. The Morgan fingerprint density at radius 2 is 2.43 bits per heavy atom. The molecule has 1 N–H and O–H groups in total. The fourth-order valence-corrected chi connectivity index (χ4v) is 2.37. The fraction of sp³-hybridized carbons (Fsp3) is 0.727. The average molecular weight is 193 g/mol. The van der Waals surface area contributed by atoms with Crippen molar-refractivity contribution in [3.8, 4) is 0 Å². The van der Waals surface area contributed by atoms with Crippen LogP contribution in [-0.2, 0) is 6.42 Å². The summed E-state index contributed by atoms with van der Waals surface area (Å²) in [4.78, 5) is 0. The summed E-state index contributed by atoms with van der Waals surface area (Å²) >= 11 is 0. The first-order valence-corrected chi connectivity index (χ1v) is 5.45. The van der Waals surface area contributed by atoms with Crippen molar-refractivity contribution in [3.05, 3.63) is 17.5 Å². The quantitative estimate of drug-likeness (QED) is 0.792. The summed E-state index contributed by atoms with van der Waals surface area (Å²) in [6.07, 6.45) is 4.53. The van der Waals surface area contributed by atoms with Crippen molar-refractivity contribution in [2.75, 3.05) is 13.6 Å². The van der Waals surface area contributed by atoms with Crippen LogP contribution in [0.3, 0.4) is 0 Å². The zero-order valence-corrected chi connectivity index (χ0v) is 9.25. The molecule has 0 saturated carbocycles. The molecule has 0 bridgehead atoms. The van der Waals surface area contributed by atoms with Crippen molar-refractivity contribution in [2.45, 2.75) is 38.6 Å². The van der Waals surface area contributed by atoms with Crippen molar-refractivity contribution in [1.29, 1.82) is 0 Å². The predicted octanol–water partition coefficient (Wildman–Crippen LogP) is 1.71. The molecule has 1 aliphatic rings. The Balaban J connectivity index is 2.30. The number of aryl methyl sites for hydroxylation is 1. The molecular formula is C11H19N3. The van der Waals surface area contributed by atoms with Gasteiger partial charge in [-0.25, -0.2) is 0 Å². The molecule has 3 nitrogen and oxygen atoms in total. The highest BCUT2D eigenvalue weighted by molar-refractivity contribution is 5.28. The van der Waals surface area contributed by atoms with Crippen LogP contribution in [0.4, 0.5) is 0 Å². The smallest absolute Gasteiger partial charge is 0.0524 e. The van der Waals surface area contributed by atoms with Crippen LogP contribution in [0.1, 0.15) is 43.5 Å². The summed E-state index contributed by atoms with van der Waals surface area (Å²) in [5.41, 5.74) is 2.92.